The Bertz CT molecular complexity index is 718. The zero-order valence-electron chi connectivity index (χ0n) is 11.9. The summed E-state index contributed by atoms with van der Waals surface area (Å²) < 4.78 is 6.84. The van der Waals surface area contributed by atoms with Crippen LogP contribution in [0.1, 0.15) is 31.0 Å². The fourth-order valence-corrected chi connectivity index (χ4v) is 1.83. The van der Waals surface area contributed by atoms with Gasteiger partial charge in [-0.1, -0.05) is 17.9 Å². The number of aromatic nitrogens is 1. The van der Waals surface area contributed by atoms with Crippen LogP contribution in [0.2, 0.25) is 0 Å². The van der Waals surface area contributed by atoms with E-state index in [0.717, 1.165) is 16.9 Å². The minimum Gasteiger partial charge on any atom is -0.497 e. The first kappa shape index (κ1) is 14.0. The Kier molecular flexibility index (Phi) is 4.27. The summed E-state index contributed by atoms with van der Waals surface area (Å²) in [7, 11) is 1.63. The second-order valence-corrected chi connectivity index (χ2v) is 4.74. The molecule has 2 rings (SSSR count). The van der Waals surface area contributed by atoms with Gasteiger partial charge in [-0.25, -0.2) is 0 Å². The third-order valence-corrected chi connectivity index (χ3v) is 2.92. The predicted octanol–water partition coefficient (Wildman–Crippen LogP) is 2.84. The molecule has 0 bridgehead atoms. The first-order valence-corrected chi connectivity index (χ1v) is 6.48. The topological polar surface area (TPSA) is 31.2 Å². The Morgan fingerprint density at radius 2 is 1.85 bits per heavy atom. The first-order chi connectivity index (χ1) is 9.60. The van der Waals surface area contributed by atoms with E-state index >= 15 is 0 Å². The summed E-state index contributed by atoms with van der Waals surface area (Å²) in [5, 5.41) is 0. The minimum atomic E-state index is -0.00747. The number of ether oxygens (including phenoxy) is 1. The number of rotatable bonds is 2. The van der Waals surface area contributed by atoms with Crippen molar-refractivity contribution in [2.75, 3.05) is 7.11 Å². The quantitative estimate of drug-likeness (QED) is 0.783. The third kappa shape index (κ3) is 3.30. The van der Waals surface area contributed by atoms with Crippen LogP contribution in [-0.4, -0.2) is 11.7 Å². The molecular formula is C17H17NO2. The molecule has 0 spiro atoms. The zero-order chi connectivity index (χ0) is 14.5. The molecule has 0 N–H and O–H groups in total. The number of methoxy groups -OCH3 is 1. The van der Waals surface area contributed by atoms with Gasteiger partial charge in [0.1, 0.15) is 5.75 Å². The molecule has 2 aromatic rings. The molecule has 1 aromatic heterocycles. The maximum atomic E-state index is 11.7. The van der Waals surface area contributed by atoms with Gasteiger partial charge in [0.15, 0.2) is 0 Å². The van der Waals surface area contributed by atoms with E-state index < -0.39 is 0 Å². The van der Waals surface area contributed by atoms with Crippen molar-refractivity contribution < 1.29 is 4.74 Å². The van der Waals surface area contributed by atoms with E-state index in [1.54, 1.807) is 30.0 Å². The molecule has 0 saturated heterocycles. The Hall–Kier alpha value is -2.47. The highest BCUT2D eigenvalue weighted by atomic mass is 16.5. The van der Waals surface area contributed by atoms with Gasteiger partial charge < -0.3 is 9.30 Å². The van der Waals surface area contributed by atoms with Crippen LogP contribution in [0.5, 0.6) is 5.75 Å². The van der Waals surface area contributed by atoms with Gasteiger partial charge >= 0.3 is 0 Å². The minimum absolute atomic E-state index is 0.00747. The summed E-state index contributed by atoms with van der Waals surface area (Å²) in [6, 6.07) is 11.0. The fourth-order valence-electron chi connectivity index (χ4n) is 1.83. The normalized spacial score (nSPS) is 10.0. The first-order valence-electron chi connectivity index (χ1n) is 6.48. The van der Waals surface area contributed by atoms with Crippen molar-refractivity contribution >= 4 is 0 Å². The van der Waals surface area contributed by atoms with E-state index in [-0.39, 0.29) is 11.6 Å². The predicted molar refractivity (Wildman–Crippen MR) is 80.1 cm³/mol. The van der Waals surface area contributed by atoms with Gasteiger partial charge in [0.2, 0.25) is 0 Å². The second kappa shape index (κ2) is 6.12. The zero-order valence-corrected chi connectivity index (χ0v) is 11.9. The van der Waals surface area contributed by atoms with Crippen LogP contribution in [-0.2, 0) is 0 Å². The third-order valence-electron chi connectivity index (χ3n) is 2.92. The van der Waals surface area contributed by atoms with Gasteiger partial charge in [0, 0.05) is 29.4 Å². The van der Waals surface area contributed by atoms with Crippen molar-refractivity contribution in [1.82, 2.24) is 4.57 Å². The Balaban J connectivity index is 2.33. The van der Waals surface area contributed by atoms with Crippen LogP contribution in [0.4, 0.5) is 0 Å². The van der Waals surface area contributed by atoms with Crippen LogP contribution in [0.25, 0.3) is 0 Å². The van der Waals surface area contributed by atoms with Gasteiger partial charge in [0.25, 0.3) is 5.56 Å². The van der Waals surface area contributed by atoms with Crippen molar-refractivity contribution in [3.8, 4) is 17.6 Å². The summed E-state index contributed by atoms with van der Waals surface area (Å²) in [6.45, 7) is 3.95. The van der Waals surface area contributed by atoms with E-state index in [9.17, 15) is 4.79 Å². The van der Waals surface area contributed by atoms with E-state index in [4.69, 9.17) is 4.74 Å². The average Bonchev–Trinajstić information content (AvgIpc) is 2.46. The summed E-state index contributed by atoms with van der Waals surface area (Å²) in [5.41, 5.74) is 1.69. The monoisotopic (exact) mass is 267 g/mol. The summed E-state index contributed by atoms with van der Waals surface area (Å²) in [4.78, 5) is 11.7. The lowest BCUT2D eigenvalue weighted by Crippen LogP contribution is -2.20. The Morgan fingerprint density at radius 3 is 2.55 bits per heavy atom. The molecule has 1 aromatic carbocycles. The molecule has 102 valence electrons. The highest BCUT2D eigenvalue weighted by molar-refractivity contribution is 5.44. The lowest BCUT2D eigenvalue weighted by Gasteiger charge is -2.08. The maximum Gasteiger partial charge on any atom is 0.250 e. The molecule has 0 aliphatic carbocycles. The van der Waals surface area contributed by atoms with Gasteiger partial charge in [-0.3, -0.25) is 4.79 Å². The summed E-state index contributed by atoms with van der Waals surface area (Å²) >= 11 is 0. The molecule has 0 saturated carbocycles. The van der Waals surface area contributed by atoms with Gasteiger partial charge in [0.05, 0.1) is 7.11 Å². The Labute approximate surface area is 118 Å². The number of hydrogen-bond donors (Lipinski definition) is 0. The van der Waals surface area contributed by atoms with Crippen LogP contribution in [0, 0.1) is 11.8 Å². The molecule has 1 heterocycles. The molecule has 0 fully saturated rings. The highest BCUT2D eigenvalue weighted by Crippen LogP contribution is 2.11. The van der Waals surface area contributed by atoms with Crippen molar-refractivity contribution in [1.29, 1.82) is 0 Å². The molecule has 0 aliphatic heterocycles. The molecule has 0 unspecified atom stereocenters. The van der Waals surface area contributed by atoms with Crippen molar-refractivity contribution in [3.63, 3.8) is 0 Å². The van der Waals surface area contributed by atoms with Gasteiger partial charge in [-0.15, -0.1) is 0 Å². The number of pyridine rings is 1. The lowest BCUT2D eigenvalue weighted by molar-refractivity contribution is 0.414. The van der Waals surface area contributed by atoms with Crippen LogP contribution in [0.3, 0.4) is 0 Å². The van der Waals surface area contributed by atoms with Crippen molar-refractivity contribution in [2.24, 2.45) is 0 Å². The van der Waals surface area contributed by atoms with Crippen LogP contribution < -0.4 is 10.3 Å². The van der Waals surface area contributed by atoms with E-state index in [1.165, 1.54) is 0 Å². The smallest absolute Gasteiger partial charge is 0.250 e. The van der Waals surface area contributed by atoms with Crippen molar-refractivity contribution in [3.05, 3.63) is 64.1 Å². The van der Waals surface area contributed by atoms with Gasteiger partial charge in [-0.05, 0) is 38.1 Å². The molecule has 0 aliphatic rings. The second-order valence-electron chi connectivity index (χ2n) is 4.74. The number of benzene rings is 1. The van der Waals surface area contributed by atoms with E-state index in [0.29, 0.717) is 0 Å². The molecule has 0 radical (unpaired) electrons. The molecule has 20 heavy (non-hydrogen) atoms. The number of hydrogen-bond acceptors (Lipinski definition) is 2. The SMILES string of the molecule is COc1cccc(C#Cc2ccc(=O)n(C(C)C)c2)c1. The van der Waals surface area contributed by atoms with Crippen LogP contribution >= 0.6 is 0 Å². The van der Waals surface area contributed by atoms with E-state index in [2.05, 4.69) is 11.8 Å². The molecule has 3 nitrogen and oxygen atoms in total. The lowest BCUT2D eigenvalue weighted by atomic mass is 10.2. The standard InChI is InChI=1S/C17H17NO2/c1-13(2)18-12-15(9-10-17(18)19)8-7-14-5-4-6-16(11-14)20-3/h4-6,9-13H,1-3H3. The molecule has 0 amide bonds. The van der Waals surface area contributed by atoms with Crippen molar-refractivity contribution in [2.45, 2.75) is 19.9 Å². The average molecular weight is 267 g/mol. The molecule has 3 heteroatoms. The Morgan fingerprint density at radius 1 is 1.10 bits per heavy atom. The largest absolute Gasteiger partial charge is 0.497 e. The van der Waals surface area contributed by atoms with Gasteiger partial charge in [-0.2, -0.15) is 0 Å². The molecule has 0 atom stereocenters. The highest BCUT2D eigenvalue weighted by Gasteiger charge is 2.00. The number of nitrogens with zero attached hydrogens (tertiary/aromatic N) is 1. The molecular weight excluding hydrogens is 250 g/mol. The fraction of sp³-hybridized carbons (Fsp3) is 0.235. The van der Waals surface area contributed by atoms with E-state index in [1.807, 2.05) is 38.1 Å². The van der Waals surface area contributed by atoms with Crippen LogP contribution in [0.15, 0.2) is 47.4 Å². The maximum absolute atomic E-state index is 11.7. The summed E-state index contributed by atoms with van der Waals surface area (Å²) in [6.07, 6.45) is 1.79. The summed E-state index contributed by atoms with van der Waals surface area (Å²) in [5.74, 6) is 6.93.